The summed E-state index contributed by atoms with van der Waals surface area (Å²) in [6, 6.07) is 7.63. The number of methoxy groups -OCH3 is 1. The van der Waals surface area contributed by atoms with Crippen molar-refractivity contribution in [3.63, 3.8) is 0 Å². The zero-order valence-corrected chi connectivity index (χ0v) is 12.2. The summed E-state index contributed by atoms with van der Waals surface area (Å²) in [5.74, 6) is 0.198. The molecule has 0 aromatic heterocycles. The van der Waals surface area contributed by atoms with Crippen LogP contribution in [-0.2, 0) is 20.8 Å². The molecule has 1 fully saturated rings. The van der Waals surface area contributed by atoms with Crippen molar-refractivity contribution in [1.82, 2.24) is 0 Å². The summed E-state index contributed by atoms with van der Waals surface area (Å²) in [5.41, 5.74) is 1.02. The van der Waals surface area contributed by atoms with Gasteiger partial charge in [-0.05, 0) is 31.5 Å². The Kier molecular flexibility index (Phi) is 4.99. The van der Waals surface area contributed by atoms with Crippen LogP contribution in [0.25, 0.3) is 0 Å². The second kappa shape index (κ2) is 6.54. The minimum absolute atomic E-state index is 0.0970. The van der Waals surface area contributed by atoms with Gasteiger partial charge >= 0.3 is 0 Å². The first-order valence-corrected chi connectivity index (χ1v) is 6.71. The molecule has 0 aliphatic carbocycles. The van der Waals surface area contributed by atoms with Crippen LogP contribution in [0.5, 0.6) is 5.75 Å². The van der Waals surface area contributed by atoms with E-state index in [0.717, 1.165) is 11.3 Å². The van der Waals surface area contributed by atoms with Crippen molar-refractivity contribution in [3.05, 3.63) is 29.8 Å². The van der Waals surface area contributed by atoms with E-state index < -0.39 is 5.79 Å². The highest BCUT2D eigenvalue weighted by atomic mass is 16.7. The second-order valence-electron chi connectivity index (χ2n) is 5.25. The number of hydrogen-bond acceptors (Lipinski definition) is 5. The maximum atomic E-state index is 9.44. The number of rotatable bonds is 6. The van der Waals surface area contributed by atoms with E-state index in [1.807, 2.05) is 38.1 Å². The van der Waals surface area contributed by atoms with E-state index in [0.29, 0.717) is 13.2 Å². The molecule has 1 heterocycles. The Balaban J connectivity index is 1.87. The van der Waals surface area contributed by atoms with Crippen molar-refractivity contribution >= 4 is 0 Å². The lowest BCUT2D eigenvalue weighted by Crippen LogP contribution is -2.35. The monoisotopic (exact) mass is 282 g/mol. The largest absolute Gasteiger partial charge is 0.497 e. The summed E-state index contributed by atoms with van der Waals surface area (Å²) in [5, 5.41) is 9.44. The molecule has 0 saturated carbocycles. The third-order valence-corrected chi connectivity index (χ3v) is 3.25. The topological polar surface area (TPSA) is 57.2 Å². The molecule has 1 aliphatic heterocycles. The maximum Gasteiger partial charge on any atom is 0.163 e. The quantitative estimate of drug-likeness (QED) is 0.861. The van der Waals surface area contributed by atoms with Gasteiger partial charge in [-0.1, -0.05) is 12.1 Å². The van der Waals surface area contributed by atoms with Gasteiger partial charge < -0.3 is 24.1 Å². The third-order valence-electron chi connectivity index (χ3n) is 3.25. The van der Waals surface area contributed by atoms with Crippen LogP contribution >= 0.6 is 0 Å². The summed E-state index contributed by atoms with van der Waals surface area (Å²) >= 11 is 0. The van der Waals surface area contributed by atoms with Crippen LogP contribution in [0.15, 0.2) is 24.3 Å². The summed E-state index contributed by atoms with van der Waals surface area (Å²) in [4.78, 5) is 0. The van der Waals surface area contributed by atoms with Crippen LogP contribution in [0, 0.1) is 0 Å². The van der Waals surface area contributed by atoms with Crippen LogP contribution < -0.4 is 4.74 Å². The lowest BCUT2D eigenvalue weighted by Gasteiger charge is -2.23. The van der Waals surface area contributed by atoms with Crippen LogP contribution in [0.1, 0.15) is 19.4 Å². The molecule has 0 amide bonds. The highest BCUT2D eigenvalue weighted by Gasteiger charge is 2.37. The van der Waals surface area contributed by atoms with Crippen molar-refractivity contribution in [2.45, 2.75) is 38.4 Å². The fraction of sp³-hybridized carbons (Fsp3) is 0.600. The third kappa shape index (κ3) is 3.93. The molecule has 5 nitrogen and oxygen atoms in total. The molecule has 0 radical (unpaired) electrons. The number of aliphatic hydroxyl groups is 1. The molecule has 0 bridgehead atoms. The number of ether oxygens (including phenoxy) is 4. The van der Waals surface area contributed by atoms with Crippen LogP contribution in [0.3, 0.4) is 0 Å². The van der Waals surface area contributed by atoms with Gasteiger partial charge in [-0.15, -0.1) is 0 Å². The molecular formula is C15H22O5. The minimum Gasteiger partial charge on any atom is -0.497 e. The Morgan fingerprint density at radius 3 is 2.55 bits per heavy atom. The van der Waals surface area contributed by atoms with Gasteiger partial charge in [0.2, 0.25) is 0 Å². The van der Waals surface area contributed by atoms with Crippen LogP contribution in [0.2, 0.25) is 0 Å². The average Bonchev–Trinajstić information content (AvgIpc) is 2.80. The smallest absolute Gasteiger partial charge is 0.163 e. The van der Waals surface area contributed by atoms with Gasteiger partial charge in [0, 0.05) is 0 Å². The molecule has 1 N–H and O–H groups in total. The van der Waals surface area contributed by atoms with Gasteiger partial charge in [-0.2, -0.15) is 0 Å². The molecule has 1 aromatic rings. The number of aliphatic hydroxyl groups excluding tert-OH is 1. The first kappa shape index (κ1) is 15.3. The summed E-state index contributed by atoms with van der Waals surface area (Å²) in [7, 11) is 1.63. The van der Waals surface area contributed by atoms with Crippen molar-refractivity contribution in [3.8, 4) is 5.75 Å². The van der Waals surface area contributed by atoms with Gasteiger partial charge in [0.1, 0.15) is 18.0 Å². The summed E-state index contributed by atoms with van der Waals surface area (Å²) in [6.45, 7) is 4.45. The normalized spacial score (nSPS) is 22.7. The SMILES string of the molecule is COc1ccc(COC(CO)C2COC(C)(C)O2)cc1. The van der Waals surface area contributed by atoms with Gasteiger partial charge in [-0.3, -0.25) is 0 Å². The van der Waals surface area contributed by atoms with Crippen molar-refractivity contribution in [2.24, 2.45) is 0 Å². The van der Waals surface area contributed by atoms with Crippen molar-refractivity contribution in [1.29, 1.82) is 0 Å². The van der Waals surface area contributed by atoms with E-state index in [9.17, 15) is 5.11 Å². The molecule has 1 aliphatic rings. The first-order chi connectivity index (χ1) is 9.54. The van der Waals surface area contributed by atoms with E-state index in [1.54, 1.807) is 7.11 Å². The highest BCUT2D eigenvalue weighted by molar-refractivity contribution is 5.26. The van der Waals surface area contributed by atoms with Gasteiger partial charge in [-0.25, -0.2) is 0 Å². The number of benzene rings is 1. The fourth-order valence-corrected chi connectivity index (χ4v) is 2.10. The Bertz CT molecular complexity index is 415. The van der Waals surface area contributed by atoms with Gasteiger partial charge in [0.25, 0.3) is 0 Å². The summed E-state index contributed by atoms with van der Waals surface area (Å²) < 4.78 is 22.0. The number of hydrogen-bond donors (Lipinski definition) is 1. The van der Waals surface area contributed by atoms with Gasteiger partial charge in [0.15, 0.2) is 5.79 Å². The molecular weight excluding hydrogens is 260 g/mol. The molecule has 5 heteroatoms. The molecule has 0 spiro atoms. The van der Waals surface area contributed by atoms with E-state index in [-0.39, 0.29) is 18.8 Å². The Morgan fingerprint density at radius 1 is 1.35 bits per heavy atom. The average molecular weight is 282 g/mol. The van der Waals surface area contributed by atoms with E-state index >= 15 is 0 Å². The van der Waals surface area contributed by atoms with Crippen molar-refractivity contribution < 1.29 is 24.1 Å². The Labute approximate surface area is 119 Å². The molecule has 2 rings (SSSR count). The van der Waals surface area contributed by atoms with Crippen LogP contribution in [0.4, 0.5) is 0 Å². The molecule has 2 atom stereocenters. The highest BCUT2D eigenvalue weighted by Crippen LogP contribution is 2.25. The van der Waals surface area contributed by atoms with Crippen molar-refractivity contribution in [2.75, 3.05) is 20.3 Å². The van der Waals surface area contributed by atoms with Gasteiger partial charge in [0.05, 0.1) is 26.9 Å². The Morgan fingerprint density at radius 2 is 2.05 bits per heavy atom. The lowest BCUT2D eigenvalue weighted by molar-refractivity contribution is -0.162. The molecule has 1 saturated heterocycles. The minimum atomic E-state index is -0.610. The fourth-order valence-electron chi connectivity index (χ4n) is 2.10. The van der Waals surface area contributed by atoms with E-state index in [4.69, 9.17) is 18.9 Å². The summed E-state index contributed by atoms with van der Waals surface area (Å²) in [6.07, 6.45) is -0.632. The predicted molar refractivity (Wildman–Crippen MR) is 73.6 cm³/mol. The zero-order valence-electron chi connectivity index (χ0n) is 12.2. The molecule has 112 valence electrons. The predicted octanol–water partition coefficient (Wildman–Crippen LogP) is 1.72. The lowest BCUT2D eigenvalue weighted by atomic mass is 10.2. The second-order valence-corrected chi connectivity index (χ2v) is 5.25. The first-order valence-electron chi connectivity index (χ1n) is 6.71. The van der Waals surface area contributed by atoms with E-state index in [1.165, 1.54) is 0 Å². The van der Waals surface area contributed by atoms with E-state index in [2.05, 4.69) is 0 Å². The van der Waals surface area contributed by atoms with Crippen LogP contribution in [-0.4, -0.2) is 43.4 Å². The maximum absolute atomic E-state index is 9.44. The standard InChI is InChI=1S/C15H22O5/c1-15(2)19-10-14(20-15)13(8-16)18-9-11-4-6-12(17-3)7-5-11/h4-7,13-14,16H,8-10H2,1-3H3. The Hall–Kier alpha value is -1.14. The molecule has 20 heavy (non-hydrogen) atoms. The molecule has 1 aromatic carbocycles. The molecule has 2 unspecified atom stereocenters. The zero-order chi connectivity index (χ0) is 14.6.